The monoisotopic (exact) mass is 406 g/mol. The minimum Gasteiger partial charge on any atom is -0.338 e. The number of carbonyl (C=O) groups excluding carboxylic acids is 1. The van der Waals surface area contributed by atoms with E-state index in [9.17, 15) is 4.79 Å². The lowest BCUT2D eigenvalue weighted by molar-refractivity contribution is 0.0783. The Morgan fingerprint density at radius 1 is 1.32 bits per heavy atom. The van der Waals surface area contributed by atoms with Gasteiger partial charge >= 0.3 is 0 Å². The first-order valence-corrected chi connectivity index (χ1v) is 8.94. The van der Waals surface area contributed by atoms with E-state index >= 15 is 0 Å². The molecule has 0 radical (unpaired) electrons. The zero-order valence-corrected chi connectivity index (χ0v) is 14.4. The van der Waals surface area contributed by atoms with E-state index in [1.54, 1.807) is 11.3 Å². The molecule has 2 heterocycles. The summed E-state index contributed by atoms with van der Waals surface area (Å²) in [7, 11) is 0. The molecule has 3 rings (SSSR count). The van der Waals surface area contributed by atoms with E-state index in [0.717, 1.165) is 39.1 Å². The highest BCUT2D eigenvalue weighted by Gasteiger charge is 2.39. The largest absolute Gasteiger partial charge is 0.338 e. The third kappa shape index (κ3) is 2.77. The second-order valence-electron chi connectivity index (χ2n) is 5.54. The van der Waals surface area contributed by atoms with Crippen molar-refractivity contribution in [1.29, 1.82) is 0 Å². The fraction of sp³-hybridized carbons (Fsp3) is 0.615. The second-order valence-corrected chi connectivity index (χ2v) is 9.29. The lowest BCUT2D eigenvalue weighted by Crippen LogP contribution is -2.32. The predicted octanol–water partition coefficient (Wildman–Crippen LogP) is 3.47. The van der Waals surface area contributed by atoms with Gasteiger partial charge in [0.1, 0.15) is 0 Å². The highest BCUT2D eigenvalue weighted by atomic mass is 79.9. The Hall–Kier alpha value is 0.0900. The molecule has 1 aliphatic heterocycles. The predicted molar refractivity (Wildman–Crippen MR) is 84.4 cm³/mol. The van der Waals surface area contributed by atoms with Crippen molar-refractivity contribution in [2.45, 2.75) is 25.3 Å². The quantitative estimate of drug-likeness (QED) is 0.774. The summed E-state index contributed by atoms with van der Waals surface area (Å²) in [4.78, 5) is 14.6. The van der Waals surface area contributed by atoms with Crippen LogP contribution in [0.5, 0.6) is 0 Å². The van der Waals surface area contributed by atoms with Gasteiger partial charge in [-0.3, -0.25) is 4.79 Å². The minimum absolute atomic E-state index is 0.150. The molecule has 1 aromatic rings. The number of amides is 1. The van der Waals surface area contributed by atoms with Gasteiger partial charge in [-0.15, -0.1) is 11.3 Å². The van der Waals surface area contributed by atoms with Crippen LogP contribution in [0, 0.1) is 11.8 Å². The van der Waals surface area contributed by atoms with Crippen LogP contribution in [0.1, 0.15) is 29.6 Å². The number of hydrogen-bond donors (Lipinski definition) is 1. The Morgan fingerprint density at radius 2 is 2.05 bits per heavy atom. The van der Waals surface area contributed by atoms with Gasteiger partial charge in [0.2, 0.25) is 0 Å². The van der Waals surface area contributed by atoms with E-state index in [2.05, 4.69) is 31.9 Å². The van der Waals surface area contributed by atoms with Gasteiger partial charge in [0.25, 0.3) is 5.91 Å². The Labute approximate surface area is 133 Å². The molecule has 1 unspecified atom stereocenters. The van der Waals surface area contributed by atoms with E-state index in [-0.39, 0.29) is 5.91 Å². The molecule has 3 atom stereocenters. The molecule has 1 saturated heterocycles. The Morgan fingerprint density at radius 3 is 2.74 bits per heavy atom. The summed E-state index contributed by atoms with van der Waals surface area (Å²) in [6.45, 7) is 1.77. The van der Waals surface area contributed by atoms with Crippen molar-refractivity contribution in [1.82, 2.24) is 4.90 Å². The highest BCUT2D eigenvalue weighted by Crippen LogP contribution is 2.38. The number of hydrogen-bond acceptors (Lipinski definition) is 3. The van der Waals surface area contributed by atoms with Crippen LogP contribution in [0.2, 0.25) is 0 Å². The maximum atomic E-state index is 12.6. The minimum atomic E-state index is 0.150. The summed E-state index contributed by atoms with van der Waals surface area (Å²) in [5, 5.41) is 0. The van der Waals surface area contributed by atoms with Gasteiger partial charge in [0, 0.05) is 19.1 Å². The molecule has 1 aliphatic carbocycles. The van der Waals surface area contributed by atoms with E-state index < -0.39 is 0 Å². The second kappa shape index (κ2) is 5.47. The molecule has 3 nitrogen and oxygen atoms in total. The van der Waals surface area contributed by atoms with Crippen LogP contribution in [-0.4, -0.2) is 29.9 Å². The molecule has 0 aromatic carbocycles. The SMILES string of the molecule is NC1CC[C@@H]2CN(C(=O)c3cc(Br)sc3Br)C[C@@H]2C1. The van der Waals surface area contributed by atoms with Crippen molar-refractivity contribution in [3.05, 3.63) is 19.2 Å². The fourth-order valence-electron chi connectivity index (χ4n) is 3.29. The first-order valence-electron chi connectivity index (χ1n) is 6.54. The van der Waals surface area contributed by atoms with Gasteiger partial charge in [-0.2, -0.15) is 0 Å². The topological polar surface area (TPSA) is 46.3 Å². The van der Waals surface area contributed by atoms with Crippen LogP contribution < -0.4 is 5.73 Å². The van der Waals surface area contributed by atoms with Crippen molar-refractivity contribution in [3.63, 3.8) is 0 Å². The maximum Gasteiger partial charge on any atom is 0.255 e. The Bertz CT molecular complexity index is 505. The van der Waals surface area contributed by atoms with Crippen LogP contribution in [-0.2, 0) is 0 Å². The zero-order valence-electron chi connectivity index (χ0n) is 10.4. The van der Waals surface area contributed by atoms with E-state index in [4.69, 9.17) is 5.73 Å². The lowest BCUT2D eigenvalue weighted by Gasteiger charge is -2.27. The zero-order chi connectivity index (χ0) is 13.6. The molecular weight excluding hydrogens is 392 g/mol. The number of nitrogens with two attached hydrogens (primary N) is 1. The average Bonchev–Trinajstić information content (AvgIpc) is 2.91. The summed E-state index contributed by atoms with van der Waals surface area (Å²) in [5.74, 6) is 1.41. The van der Waals surface area contributed by atoms with Crippen LogP contribution in [0.15, 0.2) is 13.6 Å². The van der Waals surface area contributed by atoms with Gasteiger partial charge in [0.15, 0.2) is 0 Å². The van der Waals surface area contributed by atoms with Gasteiger partial charge in [-0.1, -0.05) is 0 Å². The molecule has 0 spiro atoms. The molecule has 2 aliphatic rings. The number of halogens is 2. The smallest absolute Gasteiger partial charge is 0.255 e. The molecule has 1 saturated carbocycles. The molecule has 19 heavy (non-hydrogen) atoms. The normalized spacial score (nSPS) is 30.5. The third-order valence-electron chi connectivity index (χ3n) is 4.26. The van der Waals surface area contributed by atoms with Crippen molar-refractivity contribution in [2.24, 2.45) is 17.6 Å². The van der Waals surface area contributed by atoms with Crippen LogP contribution >= 0.6 is 43.2 Å². The molecule has 2 fully saturated rings. The van der Waals surface area contributed by atoms with Crippen LogP contribution in [0.4, 0.5) is 0 Å². The van der Waals surface area contributed by atoms with Gasteiger partial charge in [-0.05, 0) is 69.0 Å². The molecule has 2 N–H and O–H groups in total. The Kier molecular flexibility index (Phi) is 4.04. The van der Waals surface area contributed by atoms with Crippen molar-refractivity contribution < 1.29 is 4.79 Å². The third-order valence-corrected chi connectivity index (χ3v) is 6.60. The van der Waals surface area contributed by atoms with Crippen molar-refractivity contribution in [2.75, 3.05) is 13.1 Å². The van der Waals surface area contributed by atoms with Crippen molar-refractivity contribution >= 4 is 49.1 Å². The first-order chi connectivity index (χ1) is 9.04. The molecule has 1 aromatic heterocycles. The molecule has 1 amide bonds. The van der Waals surface area contributed by atoms with Gasteiger partial charge < -0.3 is 10.6 Å². The van der Waals surface area contributed by atoms with E-state index in [1.165, 1.54) is 6.42 Å². The standard InChI is InChI=1S/C13H16Br2N2OS/c14-11-4-10(12(15)19-11)13(18)17-5-7-1-2-9(16)3-8(7)6-17/h4,7-9H,1-3,5-6,16H2/t7-,8+,9?/m1/s1. The number of nitrogens with zero attached hydrogens (tertiary/aromatic N) is 1. The summed E-state index contributed by atoms with van der Waals surface area (Å²) >= 11 is 8.45. The van der Waals surface area contributed by atoms with Crippen molar-refractivity contribution in [3.8, 4) is 0 Å². The first kappa shape index (κ1) is 14.0. The molecule has 104 valence electrons. The number of carbonyl (C=O) groups is 1. The number of fused-ring (bicyclic) bond motifs is 1. The summed E-state index contributed by atoms with van der Waals surface area (Å²) < 4.78 is 1.90. The van der Waals surface area contributed by atoms with Gasteiger partial charge in [0.05, 0.1) is 13.1 Å². The molecule has 6 heteroatoms. The van der Waals surface area contributed by atoms with Gasteiger partial charge in [-0.25, -0.2) is 0 Å². The summed E-state index contributed by atoms with van der Waals surface area (Å²) in [5.41, 5.74) is 6.81. The van der Waals surface area contributed by atoms with E-state index in [0.29, 0.717) is 17.9 Å². The number of thiophene rings is 1. The highest BCUT2D eigenvalue weighted by molar-refractivity contribution is 9.12. The summed E-state index contributed by atoms with van der Waals surface area (Å²) in [6.07, 6.45) is 3.35. The summed E-state index contributed by atoms with van der Waals surface area (Å²) in [6, 6.07) is 2.24. The van der Waals surface area contributed by atoms with Crippen LogP contribution in [0.3, 0.4) is 0 Å². The Balaban J connectivity index is 1.74. The number of rotatable bonds is 1. The fourth-order valence-corrected chi connectivity index (χ4v) is 6.07. The maximum absolute atomic E-state index is 12.6. The number of likely N-dealkylation sites (tertiary alicyclic amines) is 1. The van der Waals surface area contributed by atoms with Crippen LogP contribution in [0.25, 0.3) is 0 Å². The molecule has 0 bridgehead atoms. The lowest BCUT2D eigenvalue weighted by atomic mass is 9.79. The van der Waals surface area contributed by atoms with E-state index in [1.807, 2.05) is 11.0 Å². The average molecular weight is 408 g/mol. The molecular formula is C13H16Br2N2OS.